The average molecular weight is 943 g/mol. The molecule has 0 heterocycles. The molecule has 0 atom stereocenters. The van der Waals surface area contributed by atoms with E-state index in [0.717, 1.165) is 0 Å². The monoisotopic (exact) mass is 942 g/mol. The molecule has 0 fully saturated rings. The first-order valence-corrected chi connectivity index (χ1v) is 19.4. The van der Waals surface area contributed by atoms with Gasteiger partial charge in [0, 0.05) is 0 Å². The third kappa shape index (κ3) is 6.48. The zero-order valence-corrected chi connectivity index (χ0v) is 28.4. The van der Waals surface area contributed by atoms with Gasteiger partial charge < -0.3 is 0 Å². The van der Waals surface area contributed by atoms with Crippen molar-refractivity contribution in [1.29, 1.82) is 0 Å². The zero-order valence-electron chi connectivity index (χ0n) is 24.3. The topological polar surface area (TPSA) is 211 Å². The molecule has 0 bridgehead atoms. The molecular formula is C20H8F18O12S5. The van der Waals surface area contributed by atoms with Crippen LogP contribution in [0.4, 0.5) is 79.0 Å². The number of alkyl halides is 16. The van der Waals surface area contributed by atoms with Gasteiger partial charge in [0.2, 0.25) is 9.84 Å². The Labute approximate surface area is 292 Å². The fourth-order valence-electron chi connectivity index (χ4n) is 3.54. The normalized spacial score (nSPS) is 15.6. The highest BCUT2D eigenvalue weighted by atomic mass is 32.2. The smallest absolute Gasteiger partial charge is 0.281 e. The molecule has 0 spiro atoms. The van der Waals surface area contributed by atoms with Crippen LogP contribution in [0.25, 0.3) is 0 Å². The summed E-state index contributed by atoms with van der Waals surface area (Å²) in [6, 6.07) is -4.42. The highest BCUT2D eigenvalue weighted by molar-refractivity contribution is 7.93. The first-order valence-electron chi connectivity index (χ1n) is 12.0. The summed E-state index contributed by atoms with van der Waals surface area (Å²) in [5.74, 6) is -38.4. The van der Waals surface area contributed by atoms with E-state index in [-0.39, 0.29) is 0 Å². The van der Waals surface area contributed by atoms with E-state index in [0.29, 0.717) is 0 Å². The largest absolute Gasteiger partial charge is 0.438 e. The number of rotatable bonds is 14. The van der Waals surface area contributed by atoms with Crippen LogP contribution in [0.15, 0.2) is 56.0 Å². The van der Waals surface area contributed by atoms with E-state index in [1.54, 1.807) is 0 Å². The third-order valence-electron chi connectivity index (χ3n) is 6.58. The molecule has 2 aromatic rings. The van der Waals surface area contributed by atoms with Crippen LogP contribution in [0.5, 0.6) is 0 Å². The van der Waals surface area contributed by atoms with Crippen LogP contribution >= 0.6 is 0 Å². The second kappa shape index (κ2) is 12.9. The van der Waals surface area contributed by atoms with E-state index in [1.807, 2.05) is 0 Å². The molecule has 2 N–H and O–H groups in total. The Morgan fingerprint density at radius 3 is 0.800 bits per heavy atom. The van der Waals surface area contributed by atoms with Gasteiger partial charge in [-0.15, -0.1) is 0 Å². The van der Waals surface area contributed by atoms with Crippen LogP contribution in [-0.2, 0) is 49.7 Å². The van der Waals surface area contributed by atoms with Gasteiger partial charge in [0.15, 0.2) is 0 Å². The quantitative estimate of drug-likeness (QED) is 0.189. The molecule has 0 aliphatic rings. The Balaban J connectivity index is 2.71. The lowest BCUT2D eigenvalue weighted by molar-refractivity contribution is -0.326. The predicted molar refractivity (Wildman–Crippen MR) is 135 cm³/mol. The van der Waals surface area contributed by atoms with Crippen LogP contribution in [0.2, 0.25) is 0 Å². The Kier molecular flexibility index (Phi) is 11.3. The van der Waals surface area contributed by atoms with Crippen molar-refractivity contribution in [3.8, 4) is 0 Å². The fourth-order valence-corrected chi connectivity index (χ4v) is 8.34. The second-order valence-corrected chi connectivity index (χ2v) is 18.8. The molecule has 0 amide bonds. The van der Waals surface area contributed by atoms with E-state index in [9.17, 15) is 121 Å². The summed E-state index contributed by atoms with van der Waals surface area (Å²) in [7, 11) is -37.2. The van der Waals surface area contributed by atoms with Crippen molar-refractivity contribution in [2.75, 3.05) is 0 Å². The van der Waals surface area contributed by atoms with Gasteiger partial charge in [-0.2, -0.15) is 87.1 Å². The summed E-state index contributed by atoms with van der Waals surface area (Å²) in [5.41, 5.74) is 0. The molecule has 0 radical (unpaired) electrons. The molecule has 35 heteroatoms. The molecule has 0 aliphatic carbocycles. The fraction of sp³-hybridized carbons (Fsp3) is 0.400. The molecule has 0 saturated heterocycles. The van der Waals surface area contributed by atoms with E-state index in [4.69, 9.17) is 9.11 Å². The molecular weight excluding hydrogens is 935 g/mol. The molecule has 2 aromatic carbocycles. The first kappa shape index (κ1) is 48.0. The van der Waals surface area contributed by atoms with Gasteiger partial charge in [-0.25, -0.2) is 34.0 Å². The second-order valence-electron chi connectivity index (χ2n) is 10.0. The van der Waals surface area contributed by atoms with Crippen molar-refractivity contribution in [3.05, 3.63) is 48.0 Å². The number of hydrogen-bond acceptors (Lipinski definition) is 10. The van der Waals surface area contributed by atoms with Gasteiger partial charge in [-0.1, -0.05) is 0 Å². The van der Waals surface area contributed by atoms with Gasteiger partial charge in [0.05, 0.1) is 9.79 Å². The summed E-state index contributed by atoms with van der Waals surface area (Å²) in [5, 5.41) is -30.6. The minimum absolute atomic E-state index is 0.501. The Morgan fingerprint density at radius 1 is 0.382 bits per heavy atom. The van der Waals surface area contributed by atoms with Crippen molar-refractivity contribution >= 4 is 49.7 Å². The van der Waals surface area contributed by atoms with Crippen LogP contribution in [-0.4, -0.2) is 95.9 Å². The van der Waals surface area contributed by atoms with Crippen LogP contribution in [0.3, 0.4) is 0 Å². The Hall–Kier alpha value is -3.15. The summed E-state index contributed by atoms with van der Waals surface area (Å²) in [4.78, 5) is -9.87. The molecule has 12 nitrogen and oxygen atoms in total. The molecule has 0 unspecified atom stereocenters. The standard InChI is InChI=1S/C20H8F18O12S5/c21-9-5-7(1-3-11(9)52(41,42)17(31,32)13(23,24)15(27,28)19(35,36)54(45,46)47)51(39,40)8-2-4-12(10(22)6-8)53(43,44)18(33,34)14(25,26)16(29,30)20(37,38)55(48,49)50/h1-6H,(H,45,46,47)(H,48,49,50). The van der Waals surface area contributed by atoms with Crippen molar-refractivity contribution in [3.63, 3.8) is 0 Å². The van der Waals surface area contributed by atoms with E-state index in [1.165, 1.54) is 0 Å². The lowest BCUT2D eigenvalue weighted by atomic mass is 10.2. The molecule has 0 aromatic heterocycles. The van der Waals surface area contributed by atoms with E-state index >= 15 is 0 Å². The molecule has 55 heavy (non-hydrogen) atoms. The number of halogens is 18. The highest BCUT2D eigenvalue weighted by Gasteiger charge is 2.89. The average Bonchev–Trinajstić information content (AvgIpc) is 2.98. The van der Waals surface area contributed by atoms with Gasteiger partial charge >= 0.3 is 64.9 Å². The minimum Gasteiger partial charge on any atom is -0.281 e. The van der Waals surface area contributed by atoms with Crippen molar-refractivity contribution < 1.29 is 130 Å². The third-order valence-corrected chi connectivity index (χ3v) is 13.8. The number of hydrogen-bond donors (Lipinski definition) is 2. The molecule has 0 saturated carbocycles. The maximum absolute atomic E-state index is 14.7. The highest BCUT2D eigenvalue weighted by Crippen LogP contribution is 2.58. The van der Waals surface area contributed by atoms with Gasteiger partial charge in [-0.3, -0.25) is 9.11 Å². The van der Waals surface area contributed by atoms with Crippen molar-refractivity contribution in [1.82, 2.24) is 0 Å². The summed E-state index contributed by atoms with van der Waals surface area (Å²) in [6.45, 7) is 0. The van der Waals surface area contributed by atoms with E-state index < -0.39 is 162 Å². The van der Waals surface area contributed by atoms with Crippen LogP contribution in [0, 0.1) is 11.6 Å². The minimum atomic E-state index is -8.11. The number of sulfone groups is 3. The van der Waals surface area contributed by atoms with Gasteiger partial charge in [0.1, 0.15) is 21.4 Å². The summed E-state index contributed by atoms with van der Waals surface area (Å²) >= 11 is 0. The van der Waals surface area contributed by atoms with Crippen molar-refractivity contribution in [2.45, 2.75) is 64.3 Å². The van der Waals surface area contributed by atoms with Crippen LogP contribution < -0.4 is 0 Å². The van der Waals surface area contributed by atoms with Crippen LogP contribution in [0.1, 0.15) is 0 Å². The molecule has 0 aliphatic heterocycles. The lowest BCUT2D eigenvalue weighted by Gasteiger charge is -2.34. The SMILES string of the molecule is O=S(=O)(c1ccc(S(=O)(=O)C(F)(F)C(F)(F)C(F)(F)C(F)(F)S(=O)(=O)O)c(F)c1)c1ccc(S(=O)(=O)C(F)(F)C(F)(F)C(F)(F)C(F)(F)S(=O)(=O)O)c(F)c1. The maximum atomic E-state index is 14.7. The molecule has 2 rings (SSSR count). The van der Waals surface area contributed by atoms with E-state index in [2.05, 4.69) is 0 Å². The van der Waals surface area contributed by atoms with Gasteiger partial charge in [0.25, 0.3) is 19.7 Å². The summed E-state index contributed by atoms with van der Waals surface area (Å²) < 4.78 is 383. The maximum Gasteiger partial charge on any atom is 0.438 e. The number of benzene rings is 2. The molecule has 316 valence electrons. The first-order chi connectivity index (χ1) is 23.7. The zero-order chi connectivity index (χ0) is 44.2. The Bertz CT molecular complexity index is 2300. The Morgan fingerprint density at radius 2 is 0.600 bits per heavy atom. The van der Waals surface area contributed by atoms with Gasteiger partial charge in [-0.05, 0) is 36.4 Å². The lowest BCUT2D eigenvalue weighted by Crippen LogP contribution is -2.66. The summed E-state index contributed by atoms with van der Waals surface area (Å²) in [6.07, 6.45) is 0. The predicted octanol–water partition coefficient (Wildman–Crippen LogP) is 5.03. The van der Waals surface area contributed by atoms with Crippen molar-refractivity contribution in [2.24, 2.45) is 0 Å².